The zero-order valence-electron chi connectivity index (χ0n) is 6.16. The molecule has 0 spiro atoms. The number of hydrogen-bond donors (Lipinski definition) is 1. The fourth-order valence-electron chi connectivity index (χ4n) is 1.36. The molecule has 0 N–H and O–H groups in total. The Balaban J connectivity index is 2.27. The minimum absolute atomic E-state index is 0.288. The molecule has 0 amide bonds. The molecule has 0 saturated carbocycles. The molecular weight excluding hydrogens is 156 g/mol. The van der Waals surface area contributed by atoms with Crippen molar-refractivity contribution in [2.75, 3.05) is 5.75 Å². The van der Waals surface area contributed by atoms with E-state index in [-0.39, 0.29) is 6.10 Å². The van der Waals surface area contributed by atoms with Crippen LogP contribution in [0.25, 0.3) is 0 Å². The van der Waals surface area contributed by atoms with Crippen LogP contribution in [0.1, 0.15) is 5.56 Å². The summed E-state index contributed by atoms with van der Waals surface area (Å²) in [4.78, 5) is 0. The minimum Gasteiger partial charge on any atom is -0.489 e. The first-order chi connectivity index (χ1) is 5.40. The number of para-hydroxylation sites is 1. The molecule has 0 aromatic heterocycles. The molecule has 1 aliphatic heterocycles. The van der Waals surface area contributed by atoms with E-state index in [0.717, 1.165) is 17.9 Å². The van der Waals surface area contributed by atoms with Crippen LogP contribution >= 0.6 is 12.6 Å². The molecular formula is C9H10OS. The van der Waals surface area contributed by atoms with Gasteiger partial charge in [-0.2, -0.15) is 12.6 Å². The molecule has 0 fully saturated rings. The number of thiol groups is 1. The Morgan fingerprint density at radius 2 is 2.27 bits per heavy atom. The Morgan fingerprint density at radius 3 is 3.00 bits per heavy atom. The summed E-state index contributed by atoms with van der Waals surface area (Å²) >= 11 is 4.20. The summed E-state index contributed by atoms with van der Waals surface area (Å²) in [5.74, 6) is 1.83. The second-order valence-corrected chi connectivity index (χ2v) is 3.10. The van der Waals surface area contributed by atoms with E-state index in [4.69, 9.17) is 4.74 Å². The van der Waals surface area contributed by atoms with Crippen LogP contribution in [0.15, 0.2) is 24.3 Å². The van der Waals surface area contributed by atoms with Gasteiger partial charge in [0.1, 0.15) is 11.9 Å². The lowest BCUT2D eigenvalue weighted by molar-refractivity contribution is 0.260. The topological polar surface area (TPSA) is 9.23 Å². The smallest absolute Gasteiger partial charge is 0.123 e. The average molecular weight is 166 g/mol. The first kappa shape index (κ1) is 7.04. The second-order valence-electron chi connectivity index (χ2n) is 2.73. The van der Waals surface area contributed by atoms with Crippen LogP contribution in [-0.4, -0.2) is 11.9 Å². The van der Waals surface area contributed by atoms with E-state index in [1.165, 1.54) is 5.56 Å². The zero-order valence-corrected chi connectivity index (χ0v) is 7.05. The highest BCUT2D eigenvalue weighted by Crippen LogP contribution is 2.28. The van der Waals surface area contributed by atoms with E-state index in [2.05, 4.69) is 18.7 Å². The number of rotatable bonds is 1. The van der Waals surface area contributed by atoms with Crippen molar-refractivity contribution in [1.82, 2.24) is 0 Å². The Morgan fingerprint density at radius 1 is 1.45 bits per heavy atom. The fraction of sp³-hybridized carbons (Fsp3) is 0.333. The molecule has 1 aromatic carbocycles. The van der Waals surface area contributed by atoms with Crippen LogP contribution in [0.5, 0.6) is 5.75 Å². The molecule has 0 aliphatic carbocycles. The van der Waals surface area contributed by atoms with Crippen molar-refractivity contribution < 1.29 is 4.74 Å². The molecule has 1 unspecified atom stereocenters. The van der Waals surface area contributed by atoms with Crippen molar-refractivity contribution in [1.29, 1.82) is 0 Å². The number of hydrogen-bond acceptors (Lipinski definition) is 2. The highest BCUT2D eigenvalue weighted by molar-refractivity contribution is 7.80. The zero-order chi connectivity index (χ0) is 7.68. The molecule has 1 nitrogen and oxygen atoms in total. The van der Waals surface area contributed by atoms with Gasteiger partial charge in [-0.15, -0.1) is 0 Å². The van der Waals surface area contributed by atoms with Gasteiger partial charge in [0, 0.05) is 12.2 Å². The van der Waals surface area contributed by atoms with Gasteiger partial charge in [0.25, 0.3) is 0 Å². The van der Waals surface area contributed by atoms with Crippen molar-refractivity contribution in [2.45, 2.75) is 12.5 Å². The molecule has 1 heterocycles. The molecule has 1 aromatic rings. The van der Waals surface area contributed by atoms with E-state index in [9.17, 15) is 0 Å². The highest BCUT2D eigenvalue weighted by Gasteiger charge is 2.20. The first-order valence-corrected chi connectivity index (χ1v) is 4.39. The van der Waals surface area contributed by atoms with Crippen molar-refractivity contribution in [3.05, 3.63) is 29.8 Å². The molecule has 58 valence electrons. The largest absolute Gasteiger partial charge is 0.489 e. The van der Waals surface area contributed by atoms with E-state index in [1.54, 1.807) is 0 Å². The van der Waals surface area contributed by atoms with Crippen LogP contribution in [0, 0.1) is 0 Å². The molecule has 11 heavy (non-hydrogen) atoms. The maximum Gasteiger partial charge on any atom is 0.123 e. The molecule has 0 saturated heterocycles. The van der Waals surface area contributed by atoms with Gasteiger partial charge in [-0.05, 0) is 11.6 Å². The van der Waals surface area contributed by atoms with Crippen molar-refractivity contribution in [3.63, 3.8) is 0 Å². The third kappa shape index (κ3) is 1.23. The van der Waals surface area contributed by atoms with Gasteiger partial charge in [-0.3, -0.25) is 0 Å². The van der Waals surface area contributed by atoms with Crippen molar-refractivity contribution >= 4 is 12.6 Å². The van der Waals surface area contributed by atoms with Gasteiger partial charge >= 0.3 is 0 Å². The summed E-state index contributed by atoms with van der Waals surface area (Å²) in [5, 5.41) is 0. The number of ether oxygens (including phenoxy) is 1. The van der Waals surface area contributed by atoms with Crippen LogP contribution in [0.3, 0.4) is 0 Å². The lowest BCUT2D eigenvalue weighted by atomic mass is 10.1. The Labute approximate surface area is 71.8 Å². The Hall–Kier alpha value is -0.630. The predicted octanol–water partition coefficient (Wildman–Crippen LogP) is 1.92. The molecule has 0 bridgehead atoms. The van der Waals surface area contributed by atoms with Gasteiger partial charge < -0.3 is 4.74 Å². The van der Waals surface area contributed by atoms with E-state index >= 15 is 0 Å². The quantitative estimate of drug-likeness (QED) is 0.627. The first-order valence-electron chi connectivity index (χ1n) is 3.75. The Bertz CT molecular complexity index is 234. The third-order valence-corrected chi connectivity index (χ3v) is 2.32. The van der Waals surface area contributed by atoms with Crippen molar-refractivity contribution in [3.8, 4) is 5.75 Å². The summed E-state index contributed by atoms with van der Waals surface area (Å²) in [6.07, 6.45) is 1.30. The Kier molecular flexibility index (Phi) is 1.78. The average Bonchev–Trinajstić information content (AvgIpc) is 2.46. The van der Waals surface area contributed by atoms with Crippen molar-refractivity contribution in [2.24, 2.45) is 0 Å². The fourth-order valence-corrected chi connectivity index (χ4v) is 1.56. The predicted molar refractivity (Wildman–Crippen MR) is 48.4 cm³/mol. The van der Waals surface area contributed by atoms with Gasteiger partial charge in [0.2, 0.25) is 0 Å². The SMILES string of the molecule is SCC1Cc2ccccc2O1. The van der Waals surface area contributed by atoms with Crippen LogP contribution < -0.4 is 4.74 Å². The van der Waals surface area contributed by atoms with E-state index in [1.807, 2.05) is 18.2 Å². The summed E-state index contributed by atoms with van der Waals surface area (Å²) in [7, 11) is 0. The number of fused-ring (bicyclic) bond motifs is 1. The van der Waals surface area contributed by atoms with Crippen LogP contribution in [0.2, 0.25) is 0 Å². The van der Waals surface area contributed by atoms with Gasteiger partial charge in [0.05, 0.1) is 0 Å². The van der Waals surface area contributed by atoms with Gasteiger partial charge in [-0.25, -0.2) is 0 Å². The lowest BCUT2D eigenvalue weighted by Crippen LogP contribution is -2.13. The summed E-state index contributed by atoms with van der Waals surface area (Å²) < 4.78 is 5.58. The molecule has 1 aliphatic rings. The summed E-state index contributed by atoms with van der Waals surface area (Å²) in [6, 6.07) is 8.17. The maximum atomic E-state index is 5.58. The summed E-state index contributed by atoms with van der Waals surface area (Å²) in [6.45, 7) is 0. The van der Waals surface area contributed by atoms with Gasteiger partial charge in [0.15, 0.2) is 0 Å². The highest BCUT2D eigenvalue weighted by atomic mass is 32.1. The minimum atomic E-state index is 0.288. The molecule has 0 radical (unpaired) electrons. The van der Waals surface area contributed by atoms with E-state index < -0.39 is 0 Å². The maximum absolute atomic E-state index is 5.58. The third-order valence-electron chi connectivity index (χ3n) is 1.92. The molecule has 1 atom stereocenters. The molecule has 2 heteroatoms. The van der Waals surface area contributed by atoms with Gasteiger partial charge in [-0.1, -0.05) is 18.2 Å². The monoisotopic (exact) mass is 166 g/mol. The standard InChI is InChI=1S/C9H10OS/c11-6-8-5-7-3-1-2-4-9(7)10-8/h1-4,8,11H,5-6H2. The normalized spacial score (nSPS) is 21.0. The molecule has 2 rings (SSSR count). The van der Waals surface area contributed by atoms with Crippen LogP contribution in [-0.2, 0) is 6.42 Å². The summed E-state index contributed by atoms with van der Waals surface area (Å²) in [5.41, 5.74) is 1.31. The second kappa shape index (κ2) is 2.78. The number of benzene rings is 1. The lowest BCUT2D eigenvalue weighted by Gasteiger charge is -2.04. The van der Waals surface area contributed by atoms with E-state index in [0.29, 0.717) is 0 Å². The van der Waals surface area contributed by atoms with Crippen LogP contribution in [0.4, 0.5) is 0 Å².